The van der Waals surface area contributed by atoms with Crippen molar-refractivity contribution in [2.75, 3.05) is 5.32 Å². The van der Waals surface area contributed by atoms with Gasteiger partial charge in [0.1, 0.15) is 6.61 Å². The Morgan fingerprint density at radius 1 is 0.731 bits per heavy atom. The fourth-order valence-corrected chi connectivity index (χ4v) is 2.55. The second kappa shape index (κ2) is 8.62. The second-order valence-electron chi connectivity index (χ2n) is 5.82. The Bertz CT molecular complexity index is 876. The molecule has 0 bridgehead atoms. The number of carbonyl (C=O) groups excluding carboxylic acids is 2. The van der Waals surface area contributed by atoms with Crippen LogP contribution in [0.4, 0.5) is 5.69 Å². The molecule has 0 heterocycles. The van der Waals surface area contributed by atoms with Gasteiger partial charge in [0.25, 0.3) is 0 Å². The number of nitrogens with one attached hydrogen (secondary N) is 1. The largest absolute Gasteiger partial charge is 0.457 e. The third-order valence-corrected chi connectivity index (χ3v) is 3.84. The van der Waals surface area contributed by atoms with Crippen molar-refractivity contribution in [1.29, 1.82) is 0 Å². The zero-order valence-electron chi connectivity index (χ0n) is 14.2. The lowest BCUT2D eigenvalue weighted by atomic mass is 10.1. The summed E-state index contributed by atoms with van der Waals surface area (Å²) < 4.78 is 5.36. The van der Waals surface area contributed by atoms with Crippen LogP contribution in [0.15, 0.2) is 84.9 Å². The Morgan fingerprint density at radius 2 is 1.31 bits per heavy atom. The molecule has 4 heteroatoms. The quantitative estimate of drug-likeness (QED) is 0.680. The third kappa shape index (κ3) is 4.80. The SMILES string of the molecule is O=C(Cc1ccccc1)Nc1ccccc1C(=O)OCc1ccccc1. The van der Waals surface area contributed by atoms with Gasteiger partial charge in [0.15, 0.2) is 0 Å². The third-order valence-electron chi connectivity index (χ3n) is 3.84. The lowest BCUT2D eigenvalue weighted by Gasteiger charge is -2.11. The molecule has 0 aliphatic carbocycles. The summed E-state index contributed by atoms with van der Waals surface area (Å²) in [6.45, 7) is 0.186. The van der Waals surface area contributed by atoms with E-state index < -0.39 is 5.97 Å². The average Bonchev–Trinajstić information content (AvgIpc) is 2.68. The maximum atomic E-state index is 12.4. The molecule has 3 rings (SSSR count). The minimum atomic E-state index is -0.468. The van der Waals surface area contributed by atoms with Crippen LogP contribution in [-0.2, 0) is 22.6 Å². The highest BCUT2D eigenvalue weighted by Gasteiger charge is 2.14. The van der Waals surface area contributed by atoms with E-state index in [4.69, 9.17) is 4.74 Å². The molecule has 130 valence electrons. The molecular weight excluding hydrogens is 326 g/mol. The second-order valence-corrected chi connectivity index (χ2v) is 5.82. The summed E-state index contributed by atoms with van der Waals surface area (Å²) in [5.74, 6) is -0.649. The number of anilines is 1. The van der Waals surface area contributed by atoms with E-state index in [0.717, 1.165) is 11.1 Å². The van der Waals surface area contributed by atoms with Gasteiger partial charge < -0.3 is 10.1 Å². The van der Waals surface area contributed by atoms with Gasteiger partial charge in [-0.3, -0.25) is 4.79 Å². The first kappa shape index (κ1) is 17.4. The standard InChI is InChI=1S/C22H19NO3/c24-21(15-17-9-3-1-4-10-17)23-20-14-8-7-13-19(20)22(25)26-16-18-11-5-2-6-12-18/h1-14H,15-16H2,(H,23,24). The Kier molecular flexibility index (Phi) is 5.78. The van der Waals surface area contributed by atoms with Crippen LogP contribution in [0.5, 0.6) is 0 Å². The summed E-state index contributed by atoms with van der Waals surface area (Å²) >= 11 is 0. The van der Waals surface area contributed by atoms with Crippen LogP contribution in [0.2, 0.25) is 0 Å². The molecule has 0 spiro atoms. The molecular formula is C22H19NO3. The summed E-state index contributed by atoms with van der Waals surface area (Å²) in [5.41, 5.74) is 2.61. The minimum Gasteiger partial charge on any atom is -0.457 e. The first-order valence-electron chi connectivity index (χ1n) is 8.36. The maximum Gasteiger partial charge on any atom is 0.340 e. The van der Waals surface area contributed by atoms with Gasteiger partial charge in [-0.05, 0) is 23.3 Å². The van der Waals surface area contributed by atoms with Crippen LogP contribution in [0.25, 0.3) is 0 Å². The van der Waals surface area contributed by atoms with E-state index >= 15 is 0 Å². The van der Waals surface area contributed by atoms with Gasteiger partial charge in [-0.15, -0.1) is 0 Å². The molecule has 1 amide bonds. The number of esters is 1. The van der Waals surface area contributed by atoms with Gasteiger partial charge in [-0.1, -0.05) is 72.8 Å². The Balaban J connectivity index is 1.65. The highest BCUT2D eigenvalue weighted by molar-refractivity contribution is 6.01. The van der Waals surface area contributed by atoms with Gasteiger partial charge >= 0.3 is 5.97 Å². The number of amides is 1. The van der Waals surface area contributed by atoms with Gasteiger partial charge in [-0.25, -0.2) is 4.79 Å². The molecule has 0 atom stereocenters. The molecule has 3 aromatic carbocycles. The first-order valence-corrected chi connectivity index (χ1v) is 8.36. The van der Waals surface area contributed by atoms with Crippen molar-refractivity contribution >= 4 is 17.6 Å². The van der Waals surface area contributed by atoms with Crippen molar-refractivity contribution in [2.24, 2.45) is 0 Å². The van der Waals surface area contributed by atoms with E-state index in [-0.39, 0.29) is 18.9 Å². The predicted octanol–water partition coefficient (Wildman–Crippen LogP) is 4.22. The van der Waals surface area contributed by atoms with Crippen LogP contribution in [0.3, 0.4) is 0 Å². The topological polar surface area (TPSA) is 55.4 Å². The molecule has 0 aliphatic heterocycles. The highest BCUT2D eigenvalue weighted by Crippen LogP contribution is 2.17. The molecule has 0 fully saturated rings. The Hall–Kier alpha value is -3.40. The summed E-state index contributed by atoms with van der Waals surface area (Å²) in [4.78, 5) is 24.7. The molecule has 0 saturated carbocycles. The van der Waals surface area contributed by atoms with Crippen molar-refractivity contribution in [3.05, 3.63) is 102 Å². The predicted molar refractivity (Wildman–Crippen MR) is 101 cm³/mol. The number of rotatable bonds is 6. The Labute approximate surface area is 152 Å². The van der Waals surface area contributed by atoms with Crippen LogP contribution < -0.4 is 5.32 Å². The molecule has 0 aromatic heterocycles. The van der Waals surface area contributed by atoms with Gasteiger partial charge in [-0.2, -0.15) is 0 Å². The normalized spacial score (nSPS) is 10.2. The lowest BCUT2D eigenvalue weighted by molar-refractivity contribution is -0.115. The Morgan fingerprint density at radius 3 is 2.00 bits per heavy atom. The van der Waals surface area contributed by atoms with Crippen molar-refractivity contribution < 1.29 is 14.3 Å². The number of hydrogen-bond acceptors (Lipinski definition) is 3. The molecule has 0 unspecified atom stereocenters. The number of hydrogen-bond donors (Lipinski definition) is 1. The van der Waals surface area contributed by atoms with Crippen LogP contribution in [-0.4, -0.2) is 11.9 Å². The first-order chi connectivity index (χ1) is 12.7. The van der Waals surface area contributed by atoms with Crippen LogP contribution in [0.1, 0.15) is 21.5 Å². The summed E-state index contributed by atoms with van der Waals surface area (Å²) in [7, 11) is 0. The van der Waals surface area contributed by atoms with E-state index in [2.05, 4.69) is 5.32 Å². The number of benzene rings is 3. The molecule has 26 heavy (non-hydrogen) atoms. The highest BCUT2D eigenvalue weighted by atomic mass is 16.5. The zero-order valence-corrected chi connectivity index (χ0v) is 14.2. The molecule has 3 aromatic rings. The van der Waals surface area contributed by atoms with Crippen molar-refractivity contribution in [3.63, 3.8) is 0 Å². The summed E-state index contributed by atoms with van der Waals surface area (Å²) in [5, 5.41) is 2.80. The number of carbonyl (C=O) groups is 2. The molecule has 0 aliphatic rings. The molecule has 1 N–H and O–H groups in total. The van der Waals surface area contributed by atoms with Crippen molar-refractivity contribution in [2.45, 2.75) is 13.0 Å². The van der Waals surface area contributed by atoms with E-state index in [1.165, 1.54) is 0 Å². The monoisotopic (exact) mass is 345 g/mol. The summed E-state index contributed by atoms with van der Waals surface area (Å²) in [6, 6.07) is 25.8. The fraction of sp³-hybridized carbons (Fsp3) is 0.0909. The van der Waals surface area contributed by atoms with E-state index in [1.807, 2.05) is 60.7 Å². The maximum absolute atomic E-state index is 12.4. The van der Waals surface area contributed by atoms with E-state index in [0.29, 0.717) is 11.3 Å². The lowest BCUT2D eigenvalue weighted by Crippen LogP contribution is -2.17. The zero-order chi connectivity index (χ0) is 18.2. The van der Waals surface area contributed by atoms with E-state index in [9.17, 15) is 9.59 Å². The number of ether oxygens (including phenoxy) is 1. The summed E-state index contributed by atoms with van der Waals surface area (Å²) in [6.07, 6.45) is 0.244. The number of para-hydroxylation sites is 1. The van der Waals surface area contributed by atoms with Gasteiger partial charge in [0.2, 0.25) is 5.91 Å². The van der Waals surface area contributed by atoms with Crippen LogP contribution in [0, 0.1) is 0 Å². The molecule has 0 radical (unpaired) electrons. The van der Waals surface area contributed by atoms with Crippen LogP contribution >= 0.6 is 0 Å². The molecule has 4 nitrogen and oxygen atoms in total. The van der Waals surface area contributed by atoms with Gasteiger partial charge in [0.05, 0.1) is 17.7 Å². The van der Waals surface area contributed by atoms with Crippen molar-refractivity contribution in [1.82, 2.24) is 0 Å². The minimum absolute atomic E-state index is 0.181. The smallest absolute Gasteiger partial charge is 0.340 e. The van der Waals surface area contributed by atoms with Crippen molar-refractivity contribution in [3.8, 4) is 0 Å². The average molecular weight is 345 g/mol. The van der Waals surface area contributed by atoms with Gasteiger partial charge in [0, 0.05) is 0 Å². The molecule has 0 saturated heterocycles. The fourth-order valence-electron chi connectivity index (χ4n) is 2.55. The van der Waals surface area contributed by atoms with E-state index in [1.54, 1.807) is 24.3 Å².